The van der Waals surface area contributed by atoms with Crippen molar-refractivity contribution in [2.75, 3.05) is 31.6 Å². The van der Waals surface area contributed by atoms with Crippen LogP contribution in [0.4, 0.5) is 5.69 Å². The summed E-state index contributed by atoms with van der Waals surface area (Å²) < 4.78 is 11.6. The first kappa shape index (κ1) is 21.5. The van der Waals surface area contributed by atoms with Crippen molar-refractivity contribution < 1.29 is 14.3 Å². The van der Waals surface area contributed by atoms with E-state index in [1.807, 2.05) is 19.9 Å². The van der Waals surface area contributed by atoms with Gasteiger partial charge in [0.2, 0.25) is 5.91 Å². The van der Waals surface area contributed by atoms with E-state index in [1.165, 1.54) is 5.56 Å². The van der Waals surface area contributed by atoms with Gasteiger partial charge in [-0.15, -0.1) is 0 Å². The third-order valence-electron chi connectivity index (χ3n) is 6.47. The number of nitrogens with zero attached hydrogens (tertiary/aromatic N) is 1. The zero-order valence-electron chi connectivity index (χ0n) is 18.9. The predicted molar refractivity (Wildman–Crippen MR) is 124 cm³/mol. The van der Waals surface area contributed by atoms with E-state index in [1.54, 1.807) is 7.11 Å². The lowest BCUT2D eigenvalue weighted by molar-refractivity contribution is -0.122. The van der Waals surface area contributed by atoms with Crippen LogP contribution in [0, 0.1) is 0 Å². The van der Waals surface area contributed by atoms with Crippen molar-refractivity contribution >= 4 is 11.6 Å². The highest BCUT2D eigenvalue weighted by atomic mass is 16.5. The number of piperidine rings is 1. The highest BCUT2D eigenvalue weighted by molar-refractivity contribution is 5.83. The van der Waals surface area contributed by atoms with Crippen LogP contribution in [-0.4, -0.2) is 38.8 Å². The molecule has 4 rings (SSSR count). The fraction of sp³-hybridized carbons (Fsp3) is 0.500. The van der Waals surface area contributed by atoms with Gasteiger partial charge in [-0.3, -0.25) is 4.79 Å². The molecule has 5 nitrogen and oxygen atoms in total. The topological polar surface area (TPSA) is 50.8 Å². The Balaban J connectivity index is 1.36. The molecule has 2 aromatic carbocycles. The van der Waals surface area contributed by atoms with E-state index >= 15 is 0 Å². The summed E-state index contributed by atoms with van der Waals surface area (Å²) in [5, 5.41) is 2.90. The number of likely N-dealkylation sites (N-methyl/N-ethyl adjacent to an activating group) is 1. The number of methoxy groups -OCH3 is 1. The summed E-state index contributed by atoms with van der Waals surface area (Å²) in [5.41, 5.74) is 3.59. The molecule has 166 valence electrons. The van der Waals surface area contributed by atoms with Gasteiger partial charge in [0.15, 0.2) is 0 Å². The van der Waals surface area contributed by atoms with E-state index in [2.05, 4.69) is 46.6 Å². The van der Waals surface area contributed by atoms with Crippen LogP contribution in [0.2, 0.25) is 0 Å². The van der Waals surface area contributed by atoms with Gasteiger partial charge < -0.3 is 19.7 Å². The van der Waals surface area contributed by atoms with Gasteiger partial charge in [-0.25, -0.2) is 0 Å². The van der Waals surface area contributed by atoms with Crippen molar-refractivity contribution in [1.29, 1.82) is 0 Å². The average molecular weight is 423 g/mol. The maximum Gasteiger partial charge on any atom is 0.227 e. The summed E-state index contributed by atoms with van der Waals surface area (Å²) >= 11 is 0. The Morgan fingerprint density at radius 1 is 1.10 bits per heavy atom. The lowest BCUT2D eigenvalue weighted by atomic mass is 9.87. The van der Waals surface area contributed by atoms with Gasteiger partial charge in [0.05, 0.1) is 24.8 Å². The predicted octanol–water partition coefficient (Wildman–Crippen LogP) is 4.86. The number of carbonyl (C=O) groups excluding carboxylic acids is 1. The minimum Gasteiger partial charge on any atom is -0.494 e. The second-order valence-corrected chi connectivity index (χ2v) is 8.70. The highest BCUT2D eigenvalue weighted by Gasteiger charge is 2.26. The molecule has 1 unspecified atom stereocenters. The van der Waals surface area contributed by atoms with Gasteiger partial charge in [0, 0.05) is 25.7 Å². The van der Waals surface area contributed by atoms with Crippen LogP contribution >= 0.6 is 0 Å². The quantitative estimate of drug-likeness (QED) is 0.660. The molecule has 1 aliphatic heterocycles. The molecule has 2 aliphatic rings. The summed E-state index contributed by atoms with van der Waals surface area (Å²) in [6, 6.07) is 14.9. The van der Waals surface area contributed by atoms with Crippen molar-refractivity contribution in [2.24, 2.45) is 0 Å². The van der Waals surface area contributed by atoms with E-state index in [9.17, 15) is 4.79 Å². The maximum absolute atomic E-state index is 12.1. The van der Waals surface area contributed by atoms with Gasteiger partial charge in [-0.1, -0.05) is 24.3 Å². The summed E-state index contributed by atoms with van der Waals surface area (Å²) in [7, 11) is 1.73. The van der Waals surface area contributed by atoms with Crippen molar-refractivity contribution in [2.45, 2.75) is 57.5 Å². The number of rotatable bonds is 8. The first-order valence-electron chi connectivity index (χ1n) is 11.6. The molecule has 5 heteroatoms. The molecule has 1 amide bonds. The average Bonchev–Trinajstić information content (AvgIpc) is 3.63. The number of carbonyl (C=O) groups is 1. The third kappa shape index (κ3) is 5.15. The van der Waals surface area contributed by atoms with E-state index in [0.717, 1.165) is 61.5 Å². The zero-order chi connectivity index (χ0) is 21.8. The van der Waals surface area contributed by atoms with Crippen LogP contribution < -0.4 is 19.7 Å². The molecule has 1 saturated heterocycles. The lowest BCUT2D eigenvalue weighted by Gasteiger charge is -2.34. The summed E-state index contributed by atoms with van der Waals surface area (Å²) in [6.45, 7) is 6.58. The Kier molecular flexibility index (Phi) is 6.69. The number of benzene rings is 2. The number of amides is 1. The van der Waals surface area contributed by atoms with Crippen LogP contribution in [0.25, 0.3) is 0 Å². The van der Waals surface area contributed by atoms with E-state index in [0.29, 0.717) is 18.6 Å². The summed E-state index contributed by atoms with van der Waals surface area (Å²) in [5.74, 6) is 2.31. The molecule has 31 heavy (non-hydrogen) atoms. The van der Waals surface area contributed by atoms with Gasteiger partial charge in [0.1, 0.15) is 11.5 Å². The van der Waals surface area contributed by atoms with Crippen LogP contribution in [-0.2, 0) is 4.79 Å². The molecule has 1 aliphatic carbocycles. The number of nitrogens with one attached hydrogen (secondary N) is 1. The first-order valence-corrected chi connectivity index (χ1v) is 11.6. The van der Waals surface area contributed by atoms with Crippen LogP contribution in [0.1, 0.15) is 62.5 Å². The molecule has 1 N–H and O–H groups in total. The number of hydrogen-bond acceptors (Lipinski definition) is 4. The highest BCUT2D eigenvalue weighted by Crippen LogP contribution is 2.38. The van der Waals surface area contributed by atoms with Crippen molar-refractivity contribution in [3.8, 4) is 11.5 Å². The lowest BCUT2D eigenvalue weighted by Crippen LogP contribution is -2.33. The van der Waals surface area contributed by atoms with Crippen molar-refractivity contribution in [3.63, 3.8) is 0 Å². The molecular weight excluding hydrogens is 388 g/mol. The number of hydrogen-bond donors (Lipinski definition) is 1. The molecule has 0 spiro atoms. The SMILES string of the molecule is CCNC(=O)C(C)c1ccc(C2CCN(c3ccc(OC4CC4)cc3OC)CC2)cc1. The van der Waals surface area contributed by atoms with Crippen LogP contribution in [0.5, 0.6) is 11.5 Å². The molecule has 0 bridgehead atoms. The third-order valence-corrected chi connectivity index (χ3v) is 6.47. The van der Waals surface area contributed by atoms with Crippen LogP contribution in [0.15, 0.2) is 42.5 Å². The van der Waals surface area contributed by atoms with E-state index in [4.69, 9.17) is 9.47 Å². The van der Waals surface area contributed by atoms with E-state index < -0.39 is 0 Å². The maximum atomic E-state index is 12.1. The molecule has 1 heterocycles. The van der Waals surface area contributed by atoms with Gasteiger partial charge in [-0.2, -0.15) is 0 Å². The van der Waals surface area contributed by atoms with Crippen molar-refractivity contribution in [3.05, 3.63) is 53.6 Å². The Bertz CT molecular complexity index is 884. The first-order chi connectivity index (χ1) is 15.1. The second-order valence-electron chi connectivity index (χ2n) is 8.70. The minimum atomic E-state index is -0.116. The molecular formula is C26H34N2O3. The molecule has 0 radical (unpaired) electrons. The Hall–Kier alpha value is -2.69. The summed E-state index contributed by atoms with van der Waals surface area (Å²) in [6.07, 6.45) is 4.91. The fourth-order valence-electron chi connectivity index (χ4n) is 4.36. The van der Waals surface area contributed by atoms with E-state index in [-0.39, 0.29) is 11.8 Å². The monoisotopic (exact) mass is 422 g/mol. The van der Waals surface area contributed by atoms with Crippen molar-refractivity contribution in [1.82, 2.24) is 5.32 Å². The number of ether oxygens (including phenoxy) is 2. The standard InChI is InChI=1S/C26H34N2O3/c1-4-27-26(29)18(2)19-5-7-20(8-6-19)21-13-15-28(16-14-21)24-12-11-23(17-25(24)30-3)31-22-9-10-22/h5-8,11-12,17-18,21-22H,4,9-10,13-16H2,1-3H3,(H,27,29). The number of anilines is 1. The Morgan fingerprint density at radius 2 is 1.81 bits per heavy atom. The van der Waals surface area contributed by atoms with Gasteiger partial charge >= 0.3 is 0 Å². The van der Waals surface area contributed by atoms with Gasteiger partial charge in [0.25, 0.3) is 0 Å². The fourth-order valence-corrected chi connectivity index (χ4v) is 4.36. The summed E-state index contributed by atoms with van der Waals surface area (Å²) in [4.78, 5) is 14.5. The Labute approximate surface area is 185 Å². The normalized spacial score (nSPS) is 17.8. The largest absolute Gasteiger partial charge is 0.494 e. The zero-order valence-corrected chi connectivity index (χ0v) is 18.9. The van der Waals surface area contributed by atoms with Crippen LogP contribution in [0.3, 0.4) is 0 Å². The molecule has 2 fully saturated rings. The second kappa shape index (κ2) is 9.63. The Morgan fingerprint density at radius 3 is 2.42 bits per heavy atom. The molecule has 2 aromatic rings. The molecule has 0 aromatic heterocycles. The minimum absolute atomic E-state index is 0.0889. The van der Waals surface area contributed by atoms with Gasteiger partial charge in [-0.05, 0) is 68.7 Å². The molecule has 1 atom stereocenters. The molecule has 1 saturated carbocycles. The smallest absolute Gasteiger partial charge is 0.227 e.